The van der Waals surface area contributed by atoms with Crippen LogP contribution in [0.15, 0.2) is 243 Å². The number of esters is 1. The lowest BCUT2D eigenvalue weighted by Crippen LogP contribution is -2.86. The van der Waals surface area contributed by atoms with Gasteiger partial charge in [0.15, 0.2) is 6.29 Å². The number of rotatable bonds is 21. The molecular formula is C68H54O19. The molecule has 0 radical (unpaired) electrons. The molecule has 1 unspecified atom stereocenters. The maximum atomic E-state index is 17.8. The standard InChI is InChI=1S/C68H54O19/c69-41-50-51(70)52(71)53(72)62(84-50)86-67(60(79)48-37-21-7-22-38-48)65(82,58(77)46-33-17-5-18-34-46)68(83,63(81,54(73)42-25-9-1-10-26-42)55(74)43-27-11-2-12-28-43)87-66(67,59(78)47-35-19-6-20-36-47)64(56(75)44-29-13-3-14-30-44,57(76)45-31-15-4-16-32-45)85-61(80)49-39-23-8-24-40-49/h1-40,50-53,62,69-72,81-83H,41H2/t50-,51+,52+,53-,62?,65-,66-,67+,68-/m1/s1. The topological polar surface area (TPSA) is 315 Å². The zero-order valence-electron chi connectivity index (χ0n) is 45.7. The molecule has 2 fully saturated rings. The number of hydrogen-bond acceptors (Lipinski definition) is 19. The Bertz CT molecular complexity index is 3750. The summed E-state index contributed by atoms with van der Waals surface area (Å²) in [7, 11) is 0. The molecule has 0 saturated carbocycles. The highest BCUT2D eigenvalue weighted by molar-refractivity contribution is 6.33. The molecule has 2 saturated heterocycles. The van der Waals surface area contributed by atoms with E-state index in [0.29, 0.717) is 0 Å². The summed E-state index contributed by atoms with van der Waals surface area (Å²) in [5.74, 6) is -21.0. The number of aliphatic hydroxyl groups excluding tert-OH is 4. The van der Waals surface area contributed by atoms with Gasteiger partial charge in [0.25, 0.3) is 11.4 Å². The third kappa shape index (κ3) is 9.50. The van der Waals surface area contributed by atoms with Gasteiger partial charge >= 0.3 is 5.97 Å². The number of aliphatic hydroxyl groups is 7. The van der Waals surface area contributed by atoms with Crippen molar-refractivity contribution >= 4 is 46.5 Å². The third-order valence-electron chi connectivity index (χ3n) is 15.7. The number of ketones is 7. The first-order chi connectivity index (χ1) is 41.8. The summed E-state index contributed by atoms with van der Waals surface area (Å²) < 4.78 is 26.4. The smallest absolute Gasteiger partial charge is 0.339 e. The Hall–Kier alpha value is -9.48. The van der Waals surface area contributed by atoms with Gasteiger partial charge in [0.1, 0.15) is 24.4 Å². The van der Waals surface area contributed by atoms with Gasteiger partial charge in [-0.15, -0.1) is 0 Å². The van der Waals surface area contributed by atoms with Gasteiger partial charge in [0.05, 0.1) is 12.2 Å². The first-order valence-electron chi connectivity index (χ1n) is 27.1. The average molecular weight is 1180 g/mol. The minimum Gasteiger partial charge on any atom is -0.435 e. The Balaban J connectivity index is 1.56. The van der Waals surface area contributed by atoms with E-state index >= 15 is 48.6 Å². The van der Waals surface area contributed by atoms with Gasteiger partial charge in [-0.1, -0.05) is 231 Å². The third-order valence-corrected chi connectivity index (χ3v) is 15.7. The molecule has 440 valence electrons. The van der Waals surface area contributed by atoms with Gasteiger partial charge in [0, 0.05) is 38.9 Å². The Morgan fingerprint density at radius 3 is 1.10 bits per heavy atom. The molecule has 19 heteroatoms. The lowest BCUT2D eigenvalue weighted by Gasteiger charge is -2.54. The van der Waals surface area contributed by atoms with Crippen LogP contribution in [0, 0.1) is 0 Å². The molecule has 0 aromatic heterocycles. The van der Waals surface area contributed by atoms with Gasteiger partial charge in [-0.05, 0) is 12.1 Å². The van der Waals surface area contributed by atoms with E-state index in [4.69, 9.17) is 18.9 Å². The molecule has 2 aliphatic rings. The number of ether oxygens (including phenoxy) is 4. The van der Waals surface area contributed by atoms with E-state index in [9.17, 15) is 25.5 Å². The van der Waals surface area contributed by atoms with Crippen LogP contribution in [0.4, 0.5) is 0 Å². The number of hydrogen-bond donors (Lipinski definition) is 7. The second-order valence-corrected chi connectivity index (χ2v) is 20.6. The molecule has 19 nitrogen and oxygen atoms in total. The van der Waals surface area contributed by atoms with Crippen molar-refractivity contribution in [1.82, 2.24) is 0 Å². The van der Waals surface area contributed by atoms with Crippen LogP contribution >= 0.6 is 0 Å². The van der Waals surface area contributed by atoms with Crippen molar-refractivity contribution in [2.45, 2.75) is 64.5 Å². The van der Waals surface area contributed by atoms with Crippen LogP contribution in [-0.4, -0.2) is 153 Å². The molecule has 7 N–H and O–H groups in total. The molecule has 8 aromatic rings. The minimum atomic E-state index is -5.20. The van der Waals surface area contributed by atoms with Crippen LogP contribution in [0.3, 0.4) is 0 Å². The maximum absolute atomic E-state index is 17.8. The first kappa shape index (κ1) is 60.6. The summed E-state index contributed by atoms with van der Waals surface area (Å²) in [5.41, 5.74) is -30.3. The zero-order chi connectivity index (χ0) is 61.9. The van der Waals surface area contributed by atoms with Gasteiger partial charge in [-0.2, -0.15) is 0 Å². The number of Topliss-reactive ketones (excluding diaryl/α,β-unsaturated/α-hetero) is 7. The summed E-state index contributed by atoms with van der Waals surface area (Å²) >= 11 is 0. The molecule has 0 amide bonds. The number of carbonyl (C=O) groups excluding carboxylic acids is 8. The van der Waals surface area contributed by atoms with E-state index in [1.807, 2.05) is 0 Å². The molecule has 8 aromatic carbocycles. The van der Waals surface area contributed by atoms with Gasteiger partial charge in [-0.25, -0.2) is 4.79 Å². The average Bonchev–Trinajstić information content (AvgIpc) is 1.48. The van der Waals surface area contributed by atoms with E-state index in [0.717, 1.165) is 97.1 Å². The summed E-state index contributed by atoms with van der Waals surface area (Å²) in [5, 5.41) is 90.9. The monoisotopic (exact) mass is 1170 g/mol. The molecule has 0 aliphatic carbocycles. The molecule has 2 aliphatic heterocycles. The Labute approximate surface area is 495 Å². The Morgan fingerprint density at radius 1 is 0.414 bits per heavy atom. The maximum Gasteiger partial charge on any atom is 0.339 e. The van der Waals surface area contributed by atoms with Crippen LogP contribution in [0.1, 0.15) is 82.9 Å². The first-order valence-corrected chi connectivity index (χ1v) is 27.1. The second-order valence-electron chi connectivity index (χ2n) is 20.6. The van der Waals surface area contributed by atoms with Crippen molar-refractivity contribution < 1.29 is 93.0 Å². The Kier molecular flexibility index (Phi) is 16.8. The predicted octanol–water partition coefficient (Wildman–Crippen LogP) is 5.24. The summed E-state index contributed by atoms with van der Waals surface area (Å²) in [6, 6.07) is 47.2. The second kappa shape index (κ2) is 24.1. The summed E-state index contributed by atoms with van der Waals surface area (Å²) in [6.45, 7) is -1.28. The molecule has 10 rings (SSSR count). The SMILES string of the molecule is O=C(OC(C(=O)c1ccccc1)(C(=O)c1ccccc1)[C@@]1(C(=O)c2ccccc2)O[C@](O)(C(O)(C(=O)c2ccccc2)C(=O)c2ccccc2)[C@@](O)(C(=O)c2ccccc2)[C@@]1(OC1O[C@H](CO)[C@H](O)[C@H](O)[C@H]1O)C(=O)c1ccccc1)c1ccccc1. The molecule has 87 heavy (non-hydrogen) atoms. The highest BCUT2D eigenvalue weighted by atomic mass is 16.8. The molecular weight excluding hydrogens is 1120 g/mol. The Morgan fingerprint density at radius 2 is 0.736 bits per heavy atom. The van der Waals surface area contributed by atoms with Crippen LogP contribution in [0.25, 0.3) is 0 Å². The molecule has 9 atom stereocenters. The van der Waals surface area contributed by atoms with Crippen molar-refractivity contribution in [1.29, 1.82) is 0 Å². The zero-order valence-corrected chi connectivity index (χ0v) is 45.7. The lowest BCUT2D eigenvalue weighted by atomic mass is 9.53. The summed E-state index contributed by atoms with van der Waals surface area (Å²) in [4.78, 5) is 135. The molecule has 2 heterocycles. The van der Waals surface area contributed by atoms with Crippen molar-refractivity contribution in [3.05, 3.63) is 287 Å². The summed E-state index contributed by atoms with van der Waals surface area (Å²) in [6.07, 6.45) is -12.8. The van der Waals surface area contributed by atoms with Crippen LogP contribution < -0.4 is 0 Å². The van der Waals surface area contributed by atoms with E-state index in [2.05, 4.69) is 0 Å². The van der Waals surface area contributed by atoms with Crippen molar-refractivity contribution in [2.24, 2.45) is 0 Å². The molecule has 0 spiro atoms. The van der Waals surface area contributed by atoms with E-state index in [1.165, 1.54) is 146 Å². The van der Waals surface area contributed by atoms with Crippen LogP contribution in [-0.2, 0) is 18.9 Å². The van der Waals surface area contributed by atoms with Gasteiger partial charge in [-0.3, -0.25) is 33.6 Å². The van der Waals surface area contributed by atoms with Crippen molar-refractivity contribution in [3.8, 4) is 0 Å². The van der Waals surface area contributed by atoms with Gasteiger partial charge < -0.3 is 54.7 Å². The van der Waals surface area contributed by atoms with Crippen LogP contribution in [0.5, 0.6) is 0 Å². The van der Waals surface area contributed by atoms with Crippen molar-refractivity contribution in [2.75, 3.05) is 6.61 Å². The number of benzene rings is 8. The highest BCUT2D eigenvalue weighted by Gasteiger charge is 2.99. The van der Waals surface area contributed by atoms with Crippen molar-refractivity contribution in [3.63, 3.8) is 0 Å². The fourth-order valence-electron chi connectivity index (χ4n) is 11.4. The largest absolute Gasteiger partial charge is 0.435 e. The van der Waals surface area contributed by atoms with E-state index < -0.39 is 162 Å². The van der Waals surface area contributed by atoms with E-state index in [-0.39, 0.29) is 0 Å². The quantitative estimate of drug-likeness (QED) is 0.0275. The fourth-order valence-corrected chi connectivity index (χ4v) is 11.4. The molecule has 0 bridgehead atoms. The normalized spacial score (nSPS) is 24.5. The predicted molar refractivity (Wildman–Crippen MR) is 306 cm³/mol. The van der Waals surface area contributed by atoms with Crippen LogP contribution in [0.2, 0.25) is 0 Å². The lowest BCUT2D eigenvalue weighted by molar-refractivity contribution is -0.341. The van der Waals surface area contributed by atoms with E-state index in [1.54, 1.807) is 0 Å². The fraction of sp³-hybridized carbons (Fsp3) is 0.176. The minimum absolute atomic E-state index is 0.528. The highest BCUT2D eigenvalue weighted by Crippen LogP contribution is 2.66. The van der Waals surface area contributed by atoms with Gasteiger partial charge in [0.2, 0.25) is 62.9 Å². The number of carbonyl (C=O) groups is 8.